The Balaban J connectivity index is 1.92. The van der Waals surface area contributed by atoms with Crippen LogP contribution in [0.15, 0.2) is 35.7 Å². The molecule has 3 heterocycles. The largest absolute Gasteiger partial charge is 0.369 e. The molecule has 1 unspecified atom stereocenters. The second kappa shape index (κ2) is 6.64. The summed E-state index contributed by atoms with van der Waals surface area (Å²) >= 11 is 16.2. The number of nitrogens with zero attached hydrogens (tertiary/aromatic N) is 2. The second-order valence-electron chi connectivity index (χ2n) is 5.56. The lowest BCUT2D eigenvalue weighted by molar-refractivity contribution is 0.774. The van der Waals surface area contributed by atoms with Gasteiger partial charge in [-0.1, -0.05) is 35.3 Å². The molecule has 0 spiro atoms. The highest BCUT2D eigenvalue weighted by molar-refractivity contribution is 7.99. The monoisotopic (exact) mass is 395 g/mol. The lowest BCUT2D eigenvalue weighted by Crippen LogP contribution is -2.06. The summed E-state index contributed by atoms with van der Waals surface area (Å²) in [4.78, 5) is 1.17. The number of hydrogen-bond donors (Lipinski definition) is 1. The van der Waals surface area contributed by atoms with Gasteiger partial charge in [-0.15, -0.1) is 23.1 Å². The van der Waals surface area contributed by atoms with Crippen LogP contribution in [0.5, 0.6) is 0 Å². The van der Waals surface area contributed by atoms with Gasteiger partial charge in [0.1, 0.15) is 11.5 Å². The van der Waals surface area contributed by atoms with Crippen molar-refractivity contribution in [2.24, 2.45) is 7.05 Å². The third-order valence-corrected chi connectivity index (χ3v) is 6.73. The van der Waals surface area contributed by atoms with Crippen molar-refractivity contribution in [3.05, 3.63) is 56.9 Å². The Morgan fingerprint density at radius 2 is 2.17 bits per heavy atom. The summed E-state index contributed by atoms with van der Waals surface area (Å²) in [5.41, 5.74) is 3.31. The fourth-order valence-electron chi connectivity index (χ4n) is 2.98. The minimum absolute atomic E-state index is 0.130. The van der Waals surface area contributed by atoms with E-state index in [4.69, 9.17) is 28.3 Å². The van der Waals surface area contributed by atoms with Crippen molar-refractivity contribution in [2.45, 2.75) is 5.25 Å². The van der Waals surface area contributed by atoms with Gasteiger partial charge in [-0.3, -0.25) is 4.68 Å². The molecule has 0 saturated carbocycles. The van der Waals surface area contributed by atoms with Crippen molar-refractivity contribution in [3.63, 3.8) is 0 Å². The number of rotatable bonds is 2. The van der Waals surface area contributed by atoms with Gasteiger partial charge in [0.15, 0.2) is 0 Å². The molecule has 0 fully saturated rings. The van der Waals surface area contributed by atoms with E-state index in [9.17, 15) is 0 Å². The van der Waals surface area contributed by atoms with Crippen LogP contribution in [0, 0.1) is 0 Å². The molecule has 4 rings (SSSR count). The molecule has 1 aromatic carbocycles. The molecule has 2 aromatic heterocycles. The van der Waals surface area contributed by atoms with E-state index in [0.29, 0.717) is 10.0 Å². The van der Waals surface area contributed by atoms with Crippen LogP contribution in [0.1, 0.15) is 16.4 Å². The molecule has 7 heteroatoms. The van der Waals surface area contributed by atoms with Crippen LogP contribution in [0.3, 0.4) is 0 Å². The van der Waals surface area contributed by atoms with Gasteiger partial charge in [-0.25, -0.2) is 0 Å². The molecular weight excluding hydrogens is 381 g/mol. The van der Waals surface area contributed by atoms with Crippen molar-refractivity contribution in [1.82, 2.24) is 9.78 Å². The van der Waals surface area contributed by atoms with Crippen molar-refractivity contribution in [2.75, 3.05) is 17.6 Å². The third-order valence-electron chi connectivity index (χ3n) is 4.02. The van der Waals surface area contributed by atoms with E-state index in [-0.39, 0.29) is 5.25 Å². The van der Waals surface area contributed by atoms with Gasteiger partial charge in [-0.05, 0) is 29.1 Å². The molecule has 1 N–H and O–H groups in total. The molecule has 3 nitrogen and oxygen atoms in total. The van der Waals surface area contributed by atoms with E-state index < -0.39 is 0 Å². The highest BCUT2D eigenvalue weighted by atomic mass is 35.5. The number of fused-ring (bicyclic) bond motifs is 1. The topological polar surface area (TPSA) is 29.9 Å². The Morgan fingerprint density at radius 3 is 2.92 bits per heavy atom. The molecular formula is C17H15Cl2N3S2. The van der Waals surface area contributed by atoms with Crippen molar-refractivity contribution < 1.29 is 0 Å². The van der Waals surface area contributed by atoms with Gasteiger partial charge in [0.2, 0.25) is 0 Å². The average Bonchev–Trinajstić information content (AvgIpc) is 3.12. The van der Waals surface area contributed by atoms with Crippen LogP contribution in [0.4, 0.5) is 5.82 Å². The first-order valence-electron chi connectivity index (χ1n) is 7.56. The Kier molecular flexibility index (Phi) is 4.52. The van der Waals surface area contributed by atoms with Crippen LogP contribution >= 0.6 is 46.3 Å². The predicted octanol–water partition coefficient (Wildman–Crippen LogP) is 5.70. The highest BCUT2D eigenvalue weighted by Crippen LogP contribution is 2.48. The molecule has 0 bridgehead atoms. The summed E-state index contributed by atoms with van der Waals surface area (Å²) in [7, 11) is 1.99. The minimum Gasteiger partial charge on any atom is -0.369 e. The summed E-state index contributed by atoms with van der Waals surface area (Å²) in [5, 5.41) is 11.9. The third kappa shape index (κ3) is 2.84. The van der Waals surface area contributed by atoms with Gasteiger partial charge in [0.25, 0.3) is 0 Å². The Hall–Kier alpha value is -1.14. The van der Waals surface area contributed by atoms with Crippen molar-refractivity contribution in [1.29, 1.82) is 0 Å². The van der Waals surface area contributed by atoms with Gasteiger partial charge < -0.3 is 5.32 Å². The van der Waals surface area contributed by atoms with Gasteiger partial charge >= 0.3 is 0 Å². The van der Waals surface area contributed by atoms with E-state index in [0.717, 1.165) is 29.4 Å². The molecule has 1 aliphatic heterocycles. The zero-order valence-electron chi connectivity index (χ0n) is 12.9. The lowest BCUT2D eigenvalue weighted by Gasteiger charge is -2.17. The first-order chi connectivity index (χ1) is 11.6. The molecule has 0 saturated heterocycles. The van der Waals surface area contributed by atoms with Crippen molar-refractivity contribution in [3.8, 4) is 10.6 Å². The molecule has 124 valence electrons. The molecule has 1 atom stereocenters. The number of thiophene rings is 1. The fraction of sp³-hybridized carbons (Fsp3) is 0.235. The van der Waals surface area contributed by atoms with Crippen LogP contribution in [0.2, 0.25) is 10.0 Å². The molecule has 0 amide bonds. The van der Waals surface area contributed by atoms with Gasteiger partial charge in [0.05, 0.1) is 10.1 Å². The number of thioether (sulfide) groups is 1. The Labute approximate surface area is 159 Å². The fourth-order valence-corrected chi connectivity index (χ4v) is 5.52. The quantitative estimate of drug-likeness (QED) is 0.602. The molecule has 0 radical (unpaired) electrons. The number of nitrogens with one attached hydrogen (secondary N) is 1. The lowest BCUT2D eigenvalue weighted by atomic mass is 10.0. The minimum atomic E-state index is 0.130. The van der Waals surface area contributed by atoms with E-state index in [1.54, 1.807) is 11.3 Å². The number of anilines is 1. The maximum atomic E-state index is 6.52. The smallest absolute Gasteiger partial charge is 0.129 e. The summed E-state index contributed by atoms with van der Waals surface area (Å²) in [6.45, 7) is 0.906. The molecule has 24 heavy (non-hydrogen) atoms. The van der Waals surface area contributed by atoms with E-state index in [2.05, 4.69) is 22.8 Å². The summed E-state index contributed by atoms with van der Waals surface area (Å²) in [6.07, 6.45) is 0. The number of aryl methyl sites for hydroxylation is 1. The summed E-state index contributed by atoms with van der Waals surface area (Å²) < 4.78 is 1.94. The van der Waals surface area contributed by atoms with Crippen LogP contribution in [0.25, 0.3) is 10.6 Å². The maximum Gasteiger partial charge on any atom is 0.129 e. The molecule has 1 aliphatic rings. The van der Waals surface area contributed by atoms with E-state index in [1.165, 1.54) is 10.4 Å². The normalized spacial score (nSPS) is 17.2. The Bertz CT molecular complexity index is 874. The SMILES string of the molecule is Cn1nc(-c2cccs2)c2c1NCCSC2c1ccc(Cl)cc1Cl. The van der Waals surface area contributed by atoms with Crippen molar-refractivity contribution >= 4 is 52.1 Å². The predicted molar refractivity (Wildman–Crippen MR) is 106 cm³/mol. The molecule has 3 aromatic rings. The Morgan fingerprint density at radius 1 is 1.29 bits per heavy atom. The average molecular weight is 396 g/mol. The van der Waals surface area contributed by atoms with Crippen LogP contribution in [-0.2, 0) is 7.05 Å². The molecule has 0 aliphatic carbocycles. The van der Waals surface area contributed by atoms with Gasteiger partial charge in [-0.2, -0.15) is 5.10 Å². The van der Waals surface area contributed by atoms with Crippen LogP contribution in [-0.4, -0.2) is 22.1 Å². The zero-order chi connectivity index (χ0) is 16.7. The zero-order valence-corrected chi connectivity index (χ0v) is 16.1. The number of halogens is 2. The number of aromatic nitrogens is 2. The first kappa shape index (κ1) is 16.3. The van der Waals surface area contributed by atoms with Crippen LogP contribution < -0.4 is 5.32 Å². The standard InChI is InChI=1S/C17H15Cl2N3S2/c1-22-17-14(15(21-22)13-3-2-7-23-13)16(24-8-6-20-17)11-5-4-10(18)9-12(11)19/h2-5,7,9,16,20H,6,8H2,1H3. The maximum absolute atomic E-state index is 6.52. The van der Waals surface area contributed by atoms with Gasteiger partial charge in [0, 0.05) is 35.0 Å². The van der Waals surface area contributed by atoms with E-state index >= 15 is 0 Å². The van der Waals surface area contributed by atoms with E-state index in [1.807, 2.05) is 41.7 Å². The highest BCUT2D eigenvalue weighted by Gasteiger charge is 2.30. The number of benzene rings is 1. The number of hydrogen-bond acceptors (Lipinski definition) is 4. The summed E-state index contributed by atoms with van der Waals surface area (Å²) in [5.74, 6) is 2.07. The first-order valence-corrected chi connectivity index (χ1v) is 10.2. The second-order valence-corrected chi connectivity index (χ2v) is 8.56. The summed E-state index contributed by atoms with van der Waals surface area (Å²) in [6, 6.07) is 9.93.